The van der Waals surface area contributed by atoms with Crippen molar-refractivity contribution in [3.8, 4) is 28.1 Å². The second kappa shape index (κ2) is 10.1. The van der Waals surface area contributed by atoms with Crippen molar-refractivity contribution in [1.29, 1.82) is 0 Å². The van der Waals surface area contributed by atoms with Crippen LogP contribution in [0.2, 0.25) is 0 Å². The number of nitrogens with zero attached hydrogens (tertiary/aromatic N) is 2. The van der Waals surface area contributed by atoms with Crippen LogP contribution in [0.25, 0.3) is 33.3 Å². The summed E-state index contributed by atoms with van der Waals surface area (Å²) < 4.78 is 49.6. The average Bonchev–Trinajstić information content (AvgIpc) is 3.54. The van der Waals surface area contributed by atoms with Crippen molar-refractivity contribution in [3.63, 3.8) is 0 Å². The molecule has 0 aliphatic rings. The summed E-state index contributed by atoms with van der Waals surface area (Å²) in [6.07, 6.45) is 1.54. The number of aromatic nitrogens is 3. The van der Waals surface area contributed by atoms with Crippen LogP contribution in [0.3, 0.4) is 0 Å². The highest BCUT2D eigenvalue weighted by atomic mass is 19.4. The molecule has 0 unspecified atom stereocenters. The fourth-order valence-electron chi connectivity index (χ4n) is 4.25. The Balaban J connectivity index is 1.29. The van der Waals surface area contributed by atoms with Crippen LogP contribution in [0.5, 0.6) is 5.75 Å². The Hall–Kier alpha value is -4.11. The van der Waals surface area contributed by atoms with Gasteiger partial charge in [-0.3, -0.25) is 10.1 Å². The lowest BCUT2D eigenvalue weighted by atomic mass is 9.99. The molecule has 1 atom stereocenters. The highest BCUT2D eigenvalue weighted by Crippen LogP contribution is 2.35. The van der Waals surface area contributed by atoms with Crippen molar-refractivity contribution < 1.29 is 22.3 Å². The van der Waals surface area contributed by atoms with Crippen molar-refractivity contribution in [2.75, 3.05) is 6.61 Å². The highest BCUT2D eigenvalue weighted by Gasteiger charge is 2.30. The van der Waals surface area contributed by atoms with Gasteiger partial charge < -0.3 is 14.9 Å². The maximum absolute atomic E-state index is 12.8. The summed E-state index contributed by atoms with van der Waals surface area (Å²) in [6, 6.07) is 14.7. The Labute approximate surface area is 211 Å². The molecule has 3 N–H and O–H groups in total. The summed E-state index contributed by atoms with van der Waals surface area (Å²) >= 11 is 0. The summed E-state index contributed by atoms with van der Waals surface area (Å²) in [5, 5.41) is 8.32. The molecule has 5 aromatic rings. The number of nitrogens with one attached hydrogen (secondary N) is 1. The van der Waals surface area contributed by atoms with Gasteiger partial charge in [-0.05, 0) is 67.3 Å². The maximum Gasteiger partial charge on any atom is 0.416 e. The SMILES string of the molecule is Cc1n[nH]c2ccc(-c3cc(OCC[C@@H](N)Cc4ccc(C(F)(F)F)cc4)cnc3-c3ccoc3)cc12. The van der Waals surface area contributed by atoms with Gasteiger partial charge in [0.05, 0.1) is 47.8 Å². The van der Waals surface area contributed by atoms with Crippen LogP contribution >= 0.6 is 0 Å². The molecule has 0 radical (unpaired) electrons. The predicted octanol–water partition coefficient (Wildman–Crippen LogP) is 6.55. The standard InChI is InChI=1S/C28H25F3N4O2/c1-17-24-13-19(4-7-26(24)35-34-17)25-14-23(15-33-27(25)20-8-10-36-16-20)37-11-9-22(32)12-18-2-5-21(6-3-18)28(29,30)31/h2-8,10,13-16,22H,9,11-12,32H2,1H3,(H,34,35)/t22-/m1/s1. The number of aryl methyl sites for hydroxylation is 1. The van der Waals surface area contributed by atoms with Gasteiger partial charge in [-0.2, -0.15) is 18.3 Å². The van der Waals surface area contributed by atoms with Gasteiger partial charge in [0.2, 0.25) is 0 Å². The van der Waals surface area contributed by atoms with Gasteiger partial charge in [0.25, 0.3) is 0 Å². The van der Waals surface area contributed by atoms with E-state index in [1.165, 1.54) is 12.1 Å². The van der Waals surface area contributed by atoms with Crippen molar-refractivity contribution >= 4 is 10.9 Å². The topological polar surface area (TPSA) is 90.0 Å². The fourth-order valence-corrected chi connectivity index (χ4v) is 4.25. The van der Waals surface area contributed by atoms with Crippen LogP contribution in [0.15, 0.2) is 77.7 Å². The van der Waals surface area contributed by atoms with E-state index >= 15 is 0 Å². The molecule has 3 heterocycles. The number of ether oxygens (including phenoxy) is 1. The molecule has 9 heteroatoms. The number of fused-ring (bicyclic) bond motifs is 1. The molecular formula is C28H25F3N4O2. The number of pyridine rings is 1. The Morgan fingerprint density at radius 1 is 1.05 bits per heavy atom. The number of halogens is 3. The molecule has 2 aromatic carbocycles. The normalized spacial score (nSPS) is 12.7. The molecule has 190 valence electrons. The van der Waals surface area contributed by atoms with Gasteiger partial charge in [0.1, 0.15) is 5.75 Å². The molecule has 37 heavy (non-hydrogen) atoms. The summed E-state index contributed by atoms with van der Waals surface area (Å²) in [5.41, 5.74) is 11.6. The van der Waals surface area contributed by atoms with Crippen molar-refractivity contribution in [2.45, 2.75) is 32.0 Å². The number of alkyl halides is 3. The number of H-pyrrole nitrogens is 1. The lowest BCUT2D eigenvalue weighted by Crippen LogP contribution is -2.25. The first-order valence-electron chi connectivity index (χ1n) is 11.8. The molecule has 6 nitrogen and oxygen atoms in total. The van der Waals surface area contributed by atoms with E-state index in [-0.39, 0.29) is 6.04 Å². The van der Waals surface area contributed by atoms with Crippen molar-refractivity contribution in [3.05, 3.63) is 90.1 Å². The summed E-state index contributed by atoms with van der Waals surface area (Å²) in [5.74, 6) is 0.591. The number of nitrogens with two attached hydrogens (primary N) is 1. The Morgan fingerprint density at radius 2 is 1.86 bits per heavy atom. The quantitative estimate of drug-likeness (QED) is 0.249. The van der Waals surface area contributed by atoms with Gasteiger partial charge in [-0.1, -0.05) is 18.2 Å². The van der Waals surface area contributed by atoms with Crippen LogP contribution in [0.1, 0.15) is 23.2 Å². The number of aromatic amines is 1. The minimum Gasteiger partial charge on any atom is -0.492 e. The number of hydrogen-bond donors (Lipinski definition) is 2. The molecule has 0 saturated heterocycles. The van der Waals surface area contributed by atoms with E-state index in [1.807, 2.05) is 31.2 Å². The minimum atomic E-state index is -4.35. The molecule has 0 bridgehead atoms. The third-order valence-corrected chi connectivity index (χ3v) is 6.26. The zero-order valence-electron chi connectivity index (χ0n) is 20.0. The molecule has 0 saturated carbocycles. The predicted molar refractivity (Wildman–Crippen MR) is 135 cm³/mol. The van der Waals surface area contributed by atoms with E-state index in [4.69, 9.17) is 14.9 Å². The van der Waals surface area contributed by atoms with Gasteiger partial charge in [-0.15, -0.1) is 0 Å². The van der Waals surface area contributed by atoms with Crippen molar-refractivity contribution in [1.82, 2.24) is 15.2 Å². The monoisotopic (exact) mass is 506 g/mol. The van der Waals surface area contributed by atoms with Crippen LogP contribution in [-0.4, -0.2) is 27.8 Å². The number of rotatable bonds is 8. The second-order valence-electron chi connectivity index (χ2n) is 8.94. The Morgan fingerprint density at radius 3 is 2.59 bits per heavy atom. The van der Waals surface area contributed by atoms with E-state index < -0.39 is 11.7 Å². The van der Waals surface area contributed by atoms with Crippen LogP contribution < -0.4 is 10.5 Å². The summed E-state index contributed by atoms with van der Waals surface area (Å²) in [7, 11) is 0. The number of benzene rings is 2. The second-order valence-corrected chi connectivity index (χ2v) is 8.94. The van der Waals surface area contributed by atoms with Crippen LogP contribution in [0.4, 0.5) is 13.2 Å². The summed E-state index contributed by atoms with van der Waals surface area (Å²) in [4.78, 5) is 4.65. The maximum atomic E-state index is 12.8. The Kier molecular flexibility index (Phi) is 6.71. The van der Waals surface area contributed by atoms with Crippen molar-refractivity contribution in [2.24, 2.45) is 5.73 Å². The molecule has 3 aromatic heterocycles. The van der Waals surface area contributed by atoms with Gasteiger partial charge >= 0.3 is 6.18 Å². The van der Waals surface area contributed by atoms with E-state index in [1.54, 1.807) is 18.7 Å². The molecule has 5 rings (SSSR count). The minimum absolute atomic E-state index is 0.263. The smallest absolute Gasteiger partial charge is 0.416 e. The molecule has 0 aliphatic heterocycles. The summed E-state index contributed by atoms with van der Waals surface area (Å²) in [6.45, 7) is 2.29. The van der Waals surface area contributed by atoms with E-state index in [2.05, 4.69) is 21.2 Å². The first-order chi connectivity index (χ1) is 17.8. The highest BCUT2D eigenvalue weighted by molar-refractivity contribution is 5.90. The molecule has 0 spiro atoms. The lowest BCUT2D eigenvalue weighted by molar-refractivity contribution is -0.137. The van der Waals surface area contributed by atoms with E-state index in [0.717, 1.165) is 56.7 Å². The van der Waals surface area contributed by atoms with E-state index in [0.29, 0.717) is 25.2 Å². The number of furan rings is 1. The van der Waals surface area contributed by atoms with Gasteiger partial charge in [-0.25, -0.2) is 0 Å². The molecular weight excluding hydrogens is 481 g/mol. The Bertz CT molecular complexity index is 1490. The first kappa shape index (κ1) is 24.6. The zero-order valence-corrected chi connectivity index (χ0v) is 20.0. The third-order valence-electron chi connectivity index (χ3n) is 6.26. The lowest BCUT2D eigenvalue weighted by Gasteiger charge is -2.15. The van der Waals surface area contributed by atoms with Crippen LogP contribution in [0, 0.1) is 6.92 Å². The number of hydrogen-bond acceptors (Lipinski definition) is 5. The van der Waals surface area contributed by atoms with Gasteiger partial charge in [0.15, 0.2) is 0 Å². The van der Waals surface area contributed by atoms with E-state index in [9.17, 15) is 13.2 Å². The molecule has 0 aliphatic carbocycles. The largest absolute Gasteiger partial charge is 0.492 e. The van der Waals surface area contributed by atoms with Crippen LogP contribution in [-0.2, 0) is 12.6 Å². The fraction of sp³-hybridized carbons (Fsp3) is 0.214. The molecule has 0 fully saturated rings. The first-order valence-corrected chi connectivity index (χ1v) is 11.8. The average molecular weight is 507 g/mol. The zero-order chi connectivity index (χ0) is 26.0. The van der Waals surface area contributed by atoms with Gasteiger partial charge in [0, 0.05) is 22.6 Å². The third kappa shape index (κ3) is 5.51. The molecule has 0 amide bonds.